The zero-order valence-corrected chi connectivity index (χ0v) is 48.3. The molecule has 4 aromatic carbocycles. The molecule has 0 unspecified atom stereocenters. The zero-order valence-electron chi connectivity index (χ0n) is 43.8. The van der Waals surface area contributed by atoms with Crippen LogP contribution < -0.4 is 4.40 Å². The molecule has 0 spiro atoms. The van der Waals surface area contributed by atoms with Gasteiger partial charge < -0.3 is 8.98 Å². The van der Waals surface area contributed by atoms with Crippen LogP contribution in [0.4, 0.5) is 0 Å². The number of hydrogen-bond donors (Lipinski definition) is 0. The van der Waals surface area contributed by atoms with Crippen molar-refractivity contribution >= 4 is 61.7 Å². The Morgan fingerprint density at radius 2 is 1.53 bits per heavy atom. The number of furan rings is 1. The summed E-state index contributed by atoms with van der Waals surface area (Å²) in [5.74, 6) is 9.46. The summed E-state index contributed by atoms with van der Waals surface area (Å²) in [7, 11) is 0. The van der Waals surface area contributed by atoms with Crippen LogP contribution in [-0.4, -0.2) is 42.8 Å². The first kappa shape index (κ1) is 51.1. The second-order valence-corrected chi connectivity index (χ2v) is 32.9. The largest absolute Gasteiger partial charge is 0.486 e. The number of pyridine rings is 4. The Balaban J connectivity index is 0.000000235. The average molecular weight is 1190 g/mol. The maximum atomic E-state index is 6.70. The van der Waals surface area contributed by atoms with Crippen molar-refractivity contribution in [2.75, 3.05) is 0 Å². The molecule has 1 radical (unpaired) electrons. The molecule has 11 rings (SSSR count). The molecular weight excluding hydrogens is 1120 g/mol. The van der Waals surface area contributed by atoms with Crippen molar-refractivity contribution in [3.8, 4) is 39.5 Å². The number of aryl methyl sites for hydroxylation is 3. The van der Waals surface area contributed by atoms with E-state index >= 15 is 0 Å². The third kappa shape index (κ3) is 10.4. The molecule has 7 nitrogen and oxygen atoms in total. The fourth-order valence-corrected chi connectivity index (χ4v) is 14.0. The summed E-state index contributed by atoms with van der Waals surface area (Å²) in [6.07, 6.45) is 9.49. The van der Waals surface area contributed by atoms with Crippen LogP contribution in [0.3, 0.4) is 0 Å². The molecule has 9 heteroatoms. The molecule has 0 amide bonds. The maximum absolute atomic E-state index is 6.70. The van der Waals surface area contributed by atoms with Crippen LogP contribution in [0.15, 0.2) is 120 Å². The number of imidazole rings is 1. The third-order valence-electron chi connectivity index (χ3n) is 14.1. The van der Waals surface area contributed by atoms with Crippen molar-refractivity contribution in [2.24, 2.45) is 11.8 Å². The molecule has 0 N–H and O–H groups in total. The van der Waals surface area contributed by atoms with Crippen molar-refractivity contribution in [2.45, 2.75) is 117 Å². The number of nitrogens with zero attached hydrogens (tertiary/aromatic N) is 6. The summed E-state index contributed by atoms with van der Waals surface area (Å²) < 4.78 is 10.5. The third-order valence-corrected chi connectivity index (χ3v) is 18.5. The Morgan fingerprint density at radius 1 is 0.764 bits per heavy atom. The van der Waals surface area contributed by atoms with Crippen LogP contribution in [0, 0.1) is 44.7 Å². The molecule has 1 aliphatic carbocycles. The quantitative estimate of drug-likeness (QED) is 0.106. The minimum Gasteiger partial charge on any atom is -0.486 e. The molecule has 0 aliphatic heterocycles. The van der Waals surface area contributed by atoms with Gasteiger partial charge in [-0.2, -0.15) is 0 Å². The molecular formula is C63H66GeIrN6O-2. The molecule has 369 valence electrons. The van der Waals surface area contributed by atoms with Gasteiger partial charge in [-0.1, -0.05) is 106 Å². The summed E-state index contributed by atoms with van der Waals surface area (Å²) in [4.78, 5) is 24.8. The Morgan fingerprint density at radius 3 is 2.25 bits per heavy atom. The van der Waals surface area contributed by atoms with E-state index in [1.807, 2.05) is 32.9 Å². The van der Waals surface area contributed by atoms with Crippen molar-refractivity contribution in [3.63, 3.8) is 0 Å². The molecule has 6 heterocycles. The van der Waals surface area contributed by atoms with E-state index < -0.39 is 13.3 Å². The molecule has 72 heavy (non-hydrogen) atoms. The first-order chi connectivity index (χ1) is 34.0. The molecule has 1 aliphatic rings. The van der Waals surface area contributed by atoms with E-state index in [1.165, 1.54) is 52.3 Å². The first-order valence-electron chi connectivity index (χ1n) is 25.6. The Kier molecular flexibility index (Phi) is 14.6. The van der Waals surface area contributed by atoms with Gasteiger partial charge >= 0.3 is 138 Å². The number of benzene rings is 4. The second kappa shape index (κ2) is 20.6. The van der Waals surface area contributed by atoms with Gasteiger partial charge in [0, 0.05) is 48.0 Å². The van der Waals surface area contributed by atoms with Crippen molar-refractivity contribution < 1.29 is 24.5 Å². The summed E-state index contributed by atoms with van der Waals surface area (Å²) in [5.41, 5.74) is 17.1. The van der Waals surface area contributed by atoms with Gasteiger partial charge in [-0.15, -0.1) is 18.2 Å². The number of aromatic nitrogens is 6. The monoisotopic (exact) mass is 1190 g/mol. The predicted molar refractivity (Wildman–Crippen MR) is 298 cm³/mol. The zero-order chi connectivity index (χ0) is 49.8. The molecule has 6 aromatic heterocycles. The van der Waals surface area contributed by atoms with Gasteiger partial charge in [0.05, 0.1) is 28.0 Å². The van der Waals surface area contributed by atoms with E-state index in [0.29, 0.717) is 11.6 Å². The van der Waals surface area contributed by atoms with Crippen LogP contribution in [0.1, 0.15) is 94.2 Å². The normalized spacial score (nSPS) is 13.3. The van der Waals surface area contributed by atoms with Crippen molar-refractivity contribution in [1.29, 1.82) is 0 Å². The minimum absolute atomic E-state index is 0. The summed E-state index contributed by atoms with van der Waals surface area (Å²) >= 11 is -1.90. The van der Waals surface area contributed by atoms with Crippen LogP contribution in [0.2, 0.25) is 17.3 Å². The molecule has 0 bridgehead atoms. The van der Waals surface area contributed by atoms with Crippen molar-refractivity contribution in [1.82, 2.24) is 29.5 Å². The minimum atomic E-state index is -1.90. The fourth-order valence-electron chi connectivity index (χ4n) is 10.6. The van der Waals surface area contributed by atoms with Gasteiger partial charge in [-0.05, 0) is 77.8 Å². The smallest absolute Gasteiger partial charge is 0.216 e. The first-order valence-corrected chi connectivity index (χ1v) is 32.9. The topological polar surface area (TPSA) is 82.5 Å². The SMILES string of the molecule is Cc1c[c-]c(-c2cc(CC(C)C)[c]([Ge]([CH3])([CH3])[CH3])cn2)c(C)n1.Cc1ccc2ccc3nc(-c4[c-]ccc5c4oc4nc(CC6CCCC6)ccc45)n(-c4ccc(-c5ccccc5)cc4C(C)(C)C)c3c2n1.[Ir]. The van der Waals surface area contributed by atoms with Crippen LogP contribution in [0.5, 0.6) is 0 Å². The molecule has 1 fully saturated rings. The van der Waals surface area contributed by atoms with E-state index in [0.717, 1.165) is 108 Å². The van der Waals surface area contributed by atoms with Gasteiger partial charge in [0.2, 0.25) is 5.71 Å². The van der Waals surface area contributed by atoms with Gasteiger partial charge in [0.1, 0.15) is 0 Å². The molecule has 0 atom stereocenters. The maximum Gasteiger partial charge on any atom is 0.216 e. The van der Waals surface area contributed by atoms with Crippen molar-refractivity contribution in [3.05, 3.63) is 161 Å². The summed E-state index contributed by atoms with van der Waals surface area (Å²) in [6.45, 7) is 17.5. The van der Waals surface area contributed by atoms with Crippen LogP contribution in [0.25, 0.3) is 83.5 Å². The molecule has 10 aromatic rings. The average Bonchev–Trinajstić information content (AvgIpc) is 4.09. The Hall–Kier alpha value is -5.80. The van der Waals surface area contributed by atoms with Gasteiger partial charge in [0.15, 0.2) is 0 Å². The van der Waals surface area contributed by atoms with Gasteiger partial charge in [0.25, 0.3) is 0 Å². The van der Waals surface area contributed by atoms with Gasteiger partial charge in [-0.3, -0.25) is 9.97 Å². The molecule has 0 saturated heterocycles. The van der Waals surface area contributed by atoms with E-state index in [4.69, 9.17) is 24.4 Å². The van der Waals surface area contributed by atoms with Crippen LogP contribution in [-0.2, 0) is 38.4 Å². The van der Waals surface area contributed by atoms with Gasteiger partial charge in [-0.25, -0.2) is 4.98 Å². The Labute approximate surface area is 442 Å². The Bertz CT molecular complexity index is 3590. The number of fused-ring (bicyclic) bond motifs is 6. The van der Waals surface area contributed by atoms with Crippen LogP contribution >= 0.6 is 0 Å². The van der Waals surface area contributed by atoms with E-state index in [2.05, 4.69) is 177 Å². The van der Waals surface area contributed by atoms with E-state index in [9.17, 15) is 0 Å². The molecule has 1 saturated carbocycles. The summed E-state index contributed by atoms with van der Waals surface area (Å²) in [6, 6.07) is 45.4. The second-order valence-electron chi connectivity index (χ2n) is 22.4. The number of rotatable bonds is 9. The predicted octanol–water partition coefficient (Wildman–Crippen LogP) is 15.6. The van der Waals surface area contributed by atoms with E-state index in [-0.39, 0.29) is 25.5 Å². The fraction of sp³-hybridized carbons (Fsp3) is 0.317. The standard InChI is InChI=1S/C44H39N4O.C19H27GeN2.Ir/c1-27-17-18-30-19-23-37-40(39(30)45-27)48(38-24-20-31(26-36(38)44(2,3)4)29-13-6-5-7-14-29)42(47-37)35-16-10-15-33-34-22-21-32(25-28-11-8-9-12-28)46-43(34)49-41(33)35;1-13(2)10-16-11-19(21-12-18(16)20(5,6)7)17-9-8-14(3)22-15(17)4;/h5-7,10,13-15,17-24,26,28H,8-9,11-12,25H2,1-4H3;8,11-13H,10H2,1-7H3;/q2*-1;. The number of hydrogen-bond acceptors (Lipinski definition) is 6. The van der Waals surface area contributed by atoms with E-state index in [1.54, 1.807) is 0 Å². The summed E-state index contributed by atoms with van der Waals surface area (Å²) in [5, 5.41) is 3.12.